The highest BCUT2D eigenvalue weighted by molar-refractivity contribution is 5.46. The first-order chi connectivity index (χ1) is 7.58. The molecule has 0 aromatic heterocycles. The molecule has 0 aliphatic carbocycles. The molecule has 0 spiro atoms. The number of benzene rings is 1. The Morgan fingerprint density at radius 2 is 1.88 bits per heavy atom. The van der Waals surface area contributed by atoms with Crippen LogP contribution in [0.5, 0.6) is 0 Å². The largest absolute Gasteiger partial charge is 0.380 e. The molecule has 0 aliphatic rings. The third-order valence-electron chi connectivity index (χ3n) is 2.48. The summed E-state index contributed by atoms with van der Waals surface area (Å²) < 4.78 is 39.1. The molecule has 0 fully saturated rings. The van der Waals surface area contributed by atoms with E-state index in [1.165, 1.54) is 0 Å². The Morgan fingerprint density at radius 1 is 1.19 bits per heavy atom. The van der Waals surface area contributed by atoms with Gasteiger partial charge in [0.05, 0.1) is 5.69 Å². The highest BCUT2D eigenvalue weighted by Crippen LogP contribution is 2.21. The Hall–Kier alpha value is -1.19. The van der Waals surface area contributed by atoms with Gasteiger partial charge in [-0.05, 0) is 12.8 Å². The van der Waals surface area contributed by atoms with E-state index in [4.69, 9.17) is 0 Å². The fourth-order valence-corrected chi connectivity index (χ4v) is 1.61. The molecule has 1 atom stereocenters. The molecular formula is C12H16F3N. The van der Waals surface area contributed by atoms with Crippen LogP contribution in [0, 0.1) is 17.5 Å². The van der Waals surface area contributed by atoms with Gasteiger partial charge in [0.1, 0.15) is 5.82 Å². The zero-order valence-corrected chi connectivity index (χ0v) is 9.49. The van der Waals surface area contributed by atoms with Gasteiger partial charge in [-0.1, -0.05) is 20.3 Å². The van der Waals surface area contributed by atoms with Crippen molar-refractivity contribution in [1.29, 1.82) is 0 Å². The lowest BCUT2D eigenvalue weighted by atomic mass is 10.1. The number of halogens is 3. The van der Waals surface area contributed by atoms with Crippen LogP contribution >= 0.6 is 0 Å². The maximum absolute atomic E-state index is 13.3. The minimum atomic E-state index is -1.16. The first kappa shape index (κ1) is 12.9. The molecule has 4 heteroatoms. The Bertz CT molecular complexity index is 352. The number of nitrogens with one attached hydrogen (secondary N) is 1. The van der Waals surface area contributed by atoms with Gasteiger partial charge in [0.2, 0.25) is 0 Å². The lowest BCUT2D eigenvalue weighted by Gasteiger charge is -2.18. The van der Waals surface area contributed by atoms with Crippen molar-refractivity contribution in [2.45, 2.75) is 39.2 Å². The van der Waals surface area contributed by atoms with Gasteiger partial charge in [0, 0.05) is 18.2 Å². The number of hydrogen-bond acceptors (Lipinski definition) is 1. The Kier molecular flexibility index (Phi) is 4.65. The van der Waals surface area contributed by atoms with Gasteiger partial charge in [0.15, 0.2) is 11.6 Å². The number of anilines is 1. The van der Waals surface area contributed by atoms with E-state index in [0.29, 0.717) is 6.07 Å². The van der Waals surface area contributed by atoms with Crippen molar-refractivity contribution in [1.82, 2.24) is 0 Å². The molecule has 1 N–H and O–H groups in total. The monoisotopic (exact) mass is 231 g/mol. The smallest absolute Gasteiger partial charge is 0.182 e. The predicted octanol–water partition coefficient (Wildman–Crippen LogP) is 4.09. The van der Waals surface area contributed by atoms with Crippen LogP contribution in [-0.2, 0) is 0 Å². The highest BCUT2D eigenvalue weighted by atomic mass is 19.2. The maximum atomic E-state index is 13.3. The molecule has 0 radical (unpaired) electrons. The summed E-state index contributed by atoms with van der Waals surface area (Å²) in [6, 6.07) is 1.57. The Labute approximate surface area is 93.7 Å². The molecule has 0 saturated carbocycles. The van der Waals surface area contributed by atoms with Crippen LogP contribution in [-0.4, -0.2) is 6.04 Å². The van der Waals surface area contributed by atoms with Crippen molar-refractivity contribution in [2.75, 3.05) is 5.32 Å². The molecule has 0 bridgehead atoms. The van der Waals surface area contributed by atoms with Crippen molar-refractivity contribution < 1.29 is 13.2 Å². The SMILES string of the molecule is CCCC(CC)Nc1cc(F)cc(F)c1F. The second kappa shape index (κ2) is 5.77. The van der Waals surface area contributed by atoms with Gasteiger partial charge in [0.25, 0.3) is 0 Å². The predicted molar refractivity (Wildman–Crippen MR) is 58.9 cm³/mol. The van der Waals surface area contributed by atoms with E-state index in [0.717, 1.165) is 25.3 Å². The van der Waals surface area contributed by atoms with Gasteiger partial charge in [-0.25, -0.2) is 13.2 Å². The average molecular weight is 231 g/mol. The summed E-state index contributed by atoms with van der Waals surface area (Å²) in [6.45, 7) is 3.95. The second-order valence-corrected chi connectivity index (χ2v) is 3.79. The summed E-state index contributed by atoms with van der Waals surface area (Å²) in [5, 5.41) is 2.82. The van der Waals surface area contributed by atoms with Crippen LogP contribution in [0.15, 0.2) is 12.1 Å². The van der Waals surface area contributed by atoms with Gasteiger partial charge in [-0.3, -0.25) is 0 Å². The fraction of sp³-hybridized carbons (Fsp3) is 0.500. The van der Waals surface area contributed by atoms with Crippen molar-refractivity contribution in [3.05, 3.63) is 29.6 Å². The van der Waals surface area contributed by atoms with Gasteiger partial charge >= 0.3 is 0 Å². The van der Waals surface area contributed by atoms with E-state index in [1.807, 2.05) is 13.8 Å². The third kappa shape index (κ3) is 3.15. The number of hydrogen-bond donors (Lipinski definition) is 1. The molecule has 16 heavy (non-hydrogen) atoms. The van der Waals surface area contributed by atoms with E-state index in [9.17, 15) is 13.2 Å². The van der Waals surface area contributed by atoms with E-state index in [2.05, 4.69) is 5.32 Å². The summed E-state index contributed by atoms with van der Waals surface area (Å²) >= 11 is 0. The second-order valence-electron chi connectivity index (χ2n) is 3.79. The molecule has 1 nitrogen and oxygen atoms in total. The zero-order valence-electron chi connectivity index (χ0n) is 9.49. The Balaban J connectivity index is 2.87. The average Bonchev–Trinajstić information content (AvgIpc) is 2.24. The van der Waals surface area contributed by atoms with E-state index < -0.39 is 17.5 Å². The lowest BCUT2D eigenvalue weighted by Crippen LogP contribution is -2.19. The molecule has 0 aliphatic heterocycles. The van der Waals surface area contributed by atoms with Crippen molar-refractivity contribution in [3.8, 4) is 0 Å². The first-order valence-corrected chi connectivity index (χ1v) is 5.49. The molecule has 90 valence electrons. The molecule has 0 saturated heterocycles. The standard InChI is InChI=1S/C12H16F3N/c1-3-5-9(4-2)16-11-7-8(13)6-10(14)12(11)15/h6-7,9,16H,3-5H2,1-2H3. The minimum absolute atomic E-state index is 0.0423. The molecule has 0 amide bonds. The summed E-state index contributed by atoms with van der Waals surface area (Å²) in [5.41, 5.74) is -0.0993. The summed E-state index contributed by atoms with van der Waals surface area (Å²) in [7, 11) is 0. The van der Waals surface area contributed by atoms with Crippen LogP contribution in [0.4, 0.5) is 18.9 Å². The van der Waals surface area contributed by atoms with Crippen molar-refractivity contribution in [3.63, 3.8) is 0 Å². The summed E-state index contributed by atoms with van der Waals surface area (Å²) in [6.07, 6.45) is 2.56. The first-order valence-electron chi connectivity index (χ1n) is 5.49. The molecule has 1 rings (SSSR count). The quantitative estimate of drug-likeness (QED) is 0.752. The third-order valence-corrected chi connectivity index (χ3v) is 2.48. The van der Waals surface area contributed by atoms with E-state index in [1.54, 1.807) is 0 Å². The van der Waals surface area contributed by atoms with Crippen LogP contribution in [0.3, 0.4) is 0 Å². The minimum Gasteiger partial charge on any atom is -0.380 e. The van der Waals surface area contributed by atoms with Gasteiger partial charge < -0.3 is 5.32 Å². The summed E-state index contributed by atoms with van der Waals surface area (Å²) in [5.74, 6) is -2.95. The van der Waals surface area contributed by atoms with E-state index in [-0.39, 0.29) is 11.7 Å². The molecular weight excluding hydrogens is 215 g/mol. The van der Waals surface area contributed by atoms with Gasteiger partial charge in [-0.2, -0.15) is 0 Å². The number of rotatable bonds is 5. The van der Waals surface area contributed by atoms with Crippen molar-refractivity contribution in [2.24, 2.45) is 0 Å². The maximum Gasteiger partial charge on any atom is 0.182 e. The van der Waals surface area contributed by atoms with E-state index >= 15 is 0 Å². The zero-order chi connectivity index (χ0) is 12.1. The molecule has 1 aromatic carbocycles. The fourth-order valence-electron chi connectivity index (χ4n) is 1.61. The van der Waals surface area contributed by atoms with Crippen molar-refractivity contribution >= 4 is 5.69 Å². The van der Waals surface area contributed by atoms with Gasteiger partial charge in [-0.15, -0.1) is 0 Å². The van der Waals surface area contributed by atoms with Crippen LogP contribution in [0.2, 0.25) is 0 Å². The van der Waals surface area contributed by atoms with Crippen LogP contribution < -0.4 is 5.32 Å². The lowest BCUT2D eigenvalue weighted by molar-refractivity contribution is 0.494. The molecule has 0 heterocycles. The molecule has 1 aromatic rings. The summed E-state index contributed by atoms with van der Waals surface area (Å²) in [4.78, 5) is 0. The van der Waals surface area contributed by atoms with Crippen LogP contribution in [0.25, 0.3) is 0 Å². The highest BCUT2D eigenvalue weighted by Gasteiger charge is 2.13. The molecule has 1 unspecified atom stereocenters. The topological polar surface area (TPSA) is 12.0 Å². The van der Waals surface area contributed by atoms with Crippen LogP contribution in [0.1, 0.15) is 33.1 Å². The Morgan fingerprint density at radius 3 is 2.44 bits per heavy atom. The normalized spacial score (nSPS) is 12.6.